The molecule has 0 unspecified atom stereocenters. The average molecular weight is 285 g/mol. The Morgan fingerprint density at radius 2 is 2.05 bits per heavy atom. The van der Waals surface area contributed by atoms with E-state index in [4.69, 9.17) is 11.5 Å². The smallest absolute Gasteiger partial charge is 0.346 e. The highest BCUT2D eigenvalue weighted by atomic mass is 16.5. The summed E-state index contributed by atoms with van der Waals surface area (Å²) >= 11 is 0. The molecule has 0 aromatic rings. The van der Waals surface area contributed by atoms with Gasteiger partial charge in [-0.05, 0) is 13.3 Å². The van der Waals surface area contributed by atoms with Crippen molar-refractivity contribution < 1.29 is 19.9 Å². The molecule has 0 aromatic heterocycles. The van der Waals surface area contributed by atoms with Crippen LogP contribution in [0.4, 0.5) is 0 Å². The molecule has 9 heteroatoms. The van der Waals surface area contributed by atoms with Crippen LogP contribution < -0.4 is 22.1 Å². The summed E-state index contributed by atoms with van der Waals surface area (Å²) in [5.74, 6) is -2.06. The fourth-order valence-electron chi connectivity index (χ4n) is 3.71. The number of nitrogens with one attached hydrogen (secondary N) is 2. The number of hydrogen-bond acceptors (Lipinski definition) is 8. The summed E-state index contributed by atoms with van der Waals surface area (Å²) in [6.45, 7) is 3.60. The number of rotatable bonds is 1. The third-order valence-electron chi connectivity index (χ3n) is 4.66. The molecule has 5 atom stereocenters. The van der Waals surface area contributed by atoms with Crippen molar-refractivity contribution in [1.82, 2.24) is 10.6 Å². The van der Waals surface area contributed by atoms with Gasteiger partial charge >= 0.3 is 5.96 Å². The van der Waals surface area contributed by atoms with E-state index in [0.717, 1.165) is 0 Å². The van der Waals surface area contributed by atoms with Gasteiger partial charge in [0.05, 0.1) is 0 Å². The average Bonchev–Trinajstić information content (AvgIpc) is 2.80. The minimum Gasteiger partial charge on any atom is -0.384 e. The van der Waals surface area contributed by atoms with Crippen LogP contribution >= 0.6 is 0 Å². The monoisotopic (exact) mass is 285 g/mol. The van der Waals surface area contributed by atoms with E-state index < -0.39 is 29.6 Å². The minimum atomic E-state index is -2.43. The van der Waals surface area contributed by atoms with Crippen LogP contribution in [0.2, 0.25) is 0 Å². The van der Waals surface area contributed by atoms with Crippen LogP contribution in [0.15, 0.2) is 4.99 Å². The molecular weight excluding hydrogens is 264 g/mol. The van der Waals surface area contributed by atoms with E-state index in [0.29, 0.717) is 6.42 Å². The van der Waals surface area contributed by atoms with E-state index >= 15 is 0 Å². The molecule has 0 aliphatic carbocycles. The summed E-state index contributed by atoms with van der Waals surface area (Å²) in [5, 5.41) is 37.1. The Kier molecular flexibility index (Phi) is 2.51. The molecule has 3 heterocycles. The minimum absolute atomic E-state index is 0.101. The molecule has 112 valence electrons. The number of aliphatic imine (C=N–C) groups is 1. The quantitative estimate of drug-likeness (QED) is 0.192. The summed E-state index contributed by atoms with van der Waals surface area (Å²) in [5.41, 5.74) is 10.3. The number of guanidine groups is 2. The second kappa shape index (κ2) is 3.74. The second-order valence-corrected chi connectivity index (χ2v) is 5.68. The maximum atomic E-state index is 10.5. The molecule has 3 aliphatic heterocycles. The molecule has 3 aliphatic rings. The Balaban J connectivity index is 2.25. The van der Waals surface area contributed by atoms with Crippen molar-refractivity contribution in [3.8, 4) is 0 Å². The standard InChI is InChI=1S/C11H20N6O3/c1-3-5-6-10(16-8(12)15-6)11(19,20)7(18)4(2)17(10)9(13)14-5/h4-7,18-20H,3H2,1-2H3,(H5,12,13,14,15,16)/p+1/t4-,5-,6-,7-,10-/m0/s1. The molecule has 0 amide bonds. The summed E-state index contributed by atoms with van der Waals surface area (Å²) in [4.78, 5) is 4.27. The highest BCUT2D eigenvalue weighted by Gasteiger charge is 2.76. The first-order valence-electron chi connectivity index (χ1n) is 6.70. The molecule has 1 fully saturated rings. The van der Waals surface area contributed by atoms with E-state index in [9.17, 15) is 15.3 Å². The zero-order valence-electron chi connectivity index (χ0n) is 11.4. The molecule has 0 radical (unpaired) electrons. The third-order valence-corrected chi connectivity index (χ3v) is 4.66. The summed E-state index contributed by atoms with van der Waals surface area (Å²) in [6, 6.07) is -1.39. The lowest BCUT2D eigenvalue weighted by Gasteiger charge is -2.43. The normalized spacial score (nSPS) is 45.4. The Morgan fingerprint density at radius 1 is 1.40 bits per heavy atom. The van der Waals surface area contributed by atoms with Crippen molar-refractivity contribution in [2.75, 3.05) is 0 Å². The Bertz CT molecular complexity index is 518. The number of hydrogen-bond donors (Lipinski definition) is 7. The van der Waals surface area contributed by atoms with E-state index in [2.05, 4.69) is 15.6 Å². The van der Waals surface area contributed by atoms with Gasteiger partial charge in [0.15, 0.2) is 5.96 Å². The molecule has 0 saturated carbocycles. The molecule has 0 bridgehead atoms. The Labute approximate surface area is 116 Å². The van der Waals surface area contributed by atoms with Gasteiger partial charge < -0.3 is 26.4 Å². The van der Waals surface area contributed by atoms with Crippen LogP contribution in [0, 0.1) is 0 Å². The maximum absolute atomic E-state index is 10.5. The first-order valence-corrected chi connectivity index (χ1v) is 6.70. The Morgan fingerprint density at radius 3 is 2.65 bits per heavy atom. The van der Waals surface area contributed by atoms with Gasteiger partial charge in [0.2, 0.25) is 5.66 Å². The lowest BCUT2D eigenvalue weighted by Crippen LogP contribution is -2.78. The topological polar surface area (TPSA) is 152 Å². The van der Waals surface area contributed by atoms with E-state index in [-0.39, 0.29) is 18.0 Å². The molecule has 1 saturated heterocycles. The number of aliphatic hydroxyl groups is 3. The molecule has 9 nitrogen and oxygen atoms in total. The largest absolute Gasteiger partial charge is 0.384 e. The van der Waals surface area contributed by atoms with Crippen LogP contribution in [-0.4, -0.2) is 67.5 Å². The predicted molar refractivity (Wildman–Crippen MR) is 70.6 cm³/mol. The van der Waals surface area contributed by atoms with E-state index in [1.165, 1.54) is 4.58 Å². The van der Waals surface area contributed by atoms with Gasteiger partial charge in [-0.1, -0.05) is 6.92 Å². The van der Waals surface area contributed by atoms with Crippen LogP contribution in [0.1, 0.15) is 20.3 Å². The molecule has 9 N–H and O–H groups in total. The van der Waals surface area contributed by atoms with Gasteiger partial charge in [0.25, 0.3) is 5.79 Å². The molecular formula is C11H21N6O3+. The van der Waals surface area contributed by atoms with Crippen LogP contribution in [0.5, 0.6) is 0 Å². The molecule has 1 spiro atoms. The summed E-state index contributed by atoms with van der Waals surface area (Å²) < 4.78 is 1.53. The Hall–Kier alpha value is -1.58. The zero-order valence-corrected chi connectivity index (χ0v) is 11.4. The number of nitrogens with zero attached hydrogens (tertiary/aromatic N) is 2. The van der Waals surface area contributed by atoms with Crippen molar-refractivity contribution >= 4 is 11.9 Å². The molecule has 20 heavy (non-hydrogen) atoms. The third kappa shape index (κ3) is 1.23. The fraction of sp³-hybridized carbons (Fsp3) is 0.818. The van der Waals surface area contributed by atoms with Gasteiger partial charge in [0.1, 0.15) is 24.2 Å². The van der Waals surface area contributed by atoms with Gasteiger partial charge in [-0.3, -0.25) is 11.1 Å². The summed E-state index contributed by atoms with van der Waals surface area (Å²) in [7, 11) is 0. The van der Waals surface area contributed by atoms with Crippen molar-refractivity contribution in [2.24, 2.45) is 16.5 Å². The van der Waals surface area contributed by atoms with Crippen molar-refractivity contribution in [3.05, 3.63) is 0 Å². The highest BCUT2D eigenvalue weighted by molar-refractivity contribution is 5.83. The van der Waals surface area contributed by atoms with Crippen LogP contribution in [-0.2, 0) is 0 Å². The summed E-state index contributed by atoms with van der Waals surface area (Å²) in [6.07, 6.45) is -0.741. The van der Waals surface area contributed by atoms with Crippen molar-refractivity contribution in [2.45, 2.75) is 55.9 Å². The lowest BCUT2D eigenvalue weighted by atomic mass is 9.85. The van der Waals surface area contributed by atoms with Crippen molar-refractivity contribution in [3.63, 3.8) is 0 Å². The van der Waals surface area contributed by atoms with E-state index in [1.54, 1.807) is 6.92 Å². The van der Waals surface area contributed by atoms with Crippen molar-refractivity contribution in [1.29, 1.82) is 0 Å². The highest BCUT2D eigenvalue weighted by Crippen LogP contribution is 2.44. The SMILES string of the molecule is CC[C@@H]1NC(N)=[N+]2[C@@H](C)[C@H](O)C(O)(O)[C@@]23NC(N)=N[C@@H]13. The van der Waals surface area contributed by atoms with Gasteiger partial charge in [0, 0.05) is 0 Å². The van der Waals surface area contributed by atoms with E-state index in [1.807, 2.05) is 6.92 Å². The zero-order chi connectivity index (χ0) is 14.9. The number of nitrogens with two attached hydrogens (primary N) is 2. The predicted octanol–water partition coefficient (Wildman–Crippen LogP) is -3.88. The second-order valence-electron chi connectivity index (χ2n) is 5.68. The maximum Gasteiger partial charge on any atom is 0.346 e. The van der Waals surface area contributed by atoms with Crippen LogP contribution in [0.3, 0.4) is 0 Å². The first kappa shape index (κ1) is 13.4. The first-order chi connectivity index (χ1) is 9.27. The van der Waals surface area contributed by atoms with Crippen LogP contribution in [0.25, 0.3) is 0 Å². The van der Waals surface area contributed by atoms with Gasteiger partial charge in [-0.25, -0.2) is 9.57 Å². The van der Waals surface area contributed by atoms with Gasteiger partial charge in [-0.2, -0.15) is 0 Å². The fourth-order valence-corrected chi connectivity index (χ4v) is 3.71. The number of aliphatic hydroxyl groups excluding tert-OH is 1. The lowest BCUT2D eigenvalue weighted by molar-refractivity contribution is -0.646. The molecule has 0 aromatic carbocycles. The van der Waals surface area contributed by atoms with Gasteiger partial charge in [-0.15, -0.1) is 0 Å². The molecule has 3 rings (SSSR count).